The Morgan fingerprint density at radius 1 is 0.142 bits per heavy atom. The van der Waals surface area contributed by atoms with Crippen LogP contribution in [0.25, 0.3) is 231 Å². The van der Waals surface area contributed by atoms with Gasteiger partial charge in [-0.1, -0.05) is 194 Å². The first-order chi connectivity index (χ1) is 59.3. The van der Waals surface area contributed by atoms with Crippen LogP contribution in [0.1, 0.15) is 0 Å². The van der Waals surface area contributed by atoms with E-state index in [0.29, 0.717) is 17.5 Å². The summed E-state index contributed by atoms with van der Waals surface area (Å²) in [5, 5.41) is 23.0. The van der Waals surface area contributed by atoms with Crippen LogP contribution in [0.15, 0.2) is 390 Å². The Morgan fingerprint density at radius 2 is 0.383 bits per heavy atom. The normalized spacial score (nSPS) is 11.5. The van der Waals surface area contributed by atoms with Crippen LogP contribution in [0.5, 0.6) is 0 Å². The highest BCUT2D eigenvalue weighted by Gasteiger charge is 2.19. The molecule has 0 saturated carbocycles. The van der Waals surface area contributed by atoms with E-state index in [9.17, 15) is 0 Å². The van der Waals surface area contributed by atoms with Gasteiger partial charge in [-0.2, -0.15) is 0 Å². The van der Waals surface area contributed by atoms with Gasteiger partial charge in [0.05, 0.1) is 56.2 Å². The molecule has 558 valence electrons. The van der Waals surface area contributed by atoms with Crippen molar-refractivity contribution in [1.29, 1.82) is 0 Å². The number of fused-ring (bicyclic) bond motifs is 12. The molecule has 0 bridgehead atoms. The maximum Gasteiger partial charge on any atom is 0.160 e. The fraction of sp³-hybridized carbons (Fsp3) is 0. The predicted molar refractivity (Wildman–Crippen MR) is 487 cm³/mol. The van der Waals surface area contributed by atoms with Crippen molar-refractivity contribution in [3.05, 3.63) is 390 Å². The third-order valence-corrected chi connectivity index (χ3v) is 22.4. The Hall–Kier alpha value is -16.6. The van der Waals surface area contributed by atoms with Gasteiger partial charge in [0.1, 0.15) is 12.7 Å². The first-order valence-corrected chi connectivity index (χ1v) is 39.6. The topological polar surface area (TPSA) is 180 Å². The lowest BCUT2D eigenvalue weighted by Gasteiger charge is -2.11. The summed E-state index contributed by atoms with van der Waals surface area (Å²) in [4.78, 5) is 65.3. The third-order valence-electron chi connectivity index (χ3n) is 22.4. The predicted octanol–water partition coefficient (Wildman–Crippen LogP) is 25.4. The minimum Gasteiger partial charge on any atom is -0.264 e. The van der Waals surface area contributed by atoms with Crippen LogP contribution >= 0.6 is 0 Å². The number of hydrogen-bond acceptors (Lipinski definition) is 14. The quantitative estimate of drug-likeness (QED) is 0.125. The second-order valence-electron chi connectivity index (χ2n) is 30.0. The fourth-order valence-electron chi connectivity index (χ4n) is 16.1. The van der Waals surface area contributed by atoms with E-state index < -0.39 is 0 Å². The minimum absolute atomic E-state index is 0.660. The highest BCUT2D eigenvalue weighted by atomic mass is 14.9. The summed E-state index contributed by atoms with van der Waals surface area (Å²) in [6.45, 7) is 0. The summed E-state index contributed by atoms with van der Waals surface area (Å²) in [6, 6.07) is 114. The van der Waals surface area contributed by atoms with E-state index in [0.717, 1.165) is 160 Å². The van der Waals surface area contributed by atoms with Gasteiger partial charge in [-0.25, -0.2) is 49.8 Å². The van der Waals surface area contributed by atoms with E-state index in [1.54, 1.807) is 12.7 Å². The molecule has 24 rings (SSSR count). The third kappa shape index (κ3) is 13.9. The number of benzene rings is 15. The van der Waals surface area contributed by atoms with Crippen molar-refractivity contribution in [2.75, 3.05) is 0 Å². The SMILES string of the molecule is c1ccc2cc3cc(-c4nc(-c5ccc6cccnc6c5)cc(-c5ccc6cccnc6c5)n4)ccc3cc2c1.c1ccc2cc3cc(-c4nc(-c5ccc6cnccc6c5)cc(-c5ccc6cnccc6c5)n4)ccc3cc2c1.c1ccc2cc3cc(-c4nc(-c5ccc6cncnc6c5)cc(-c5ccc6cncnc6c5)n4)ccc3cc2c1. The Balaban J connectivity index is 0.000000108. The molecular formula is C106H64N14. The van der Waals surface area contributed by atoms with Gasteiger partial charge in [-0.05, 0) is 209 Å². The number of aromatic nitrogens is 14. The highest BCUT2D eigenvalue weighted by Crippen LogP contribution is 2.38. The molecule has 0 spiro atoms. The van der Waals surface area contributed by atoms with Crippen LogP contribution < -0.4 is 0 Å². The smallest absolute Gasteiger partial charge is 0.160 e. The van der Waals surface area contributed by atoms with Crippen LogP contribution in [-0.4, -0.2) is 69.8 Å². The Kier molecular flexibility index (Phi) is 17.5. The maximum atomic E-state index is 5.10. The van der Waals surface area contributed by atoms with E-state index in [-0.39, 0.29) is 0 Å². The number of rotatable bonds is 9. The fourth-order valence-corrected chi connectivity index (χ4v) is 16.1. The van der Waals surface area contributed by atoms with Crippen molar-refractivity contribution in [2.45, 2.75) is 0 Å². The lowest BCUT2D eigenvalue weighted by molar-refractivity contribution is 1.18. The monoisotopic (exact) mass is 1530 g/mol. The molecule has 0 radical (unpaired) electrons. The summed E-state index contributed by atoms with van der Waals surface area (Å²) in [7, 11) is 0. The van der Waals surface area contributed by atoms with E-state index in [2.05, 4.69) is 313 Å². The molecule has 9 heterocycles. The summed E-state index contributed by atoms with van der Waals surface area (Å²) >= 11 is 0. The van der Waals surface area contributed by atoms with Gasteiger partial charge >= 0.3 is 0 Å². The molecule has 0 atom stereocenters. The summed E-state index contributed by atoms with van der Waals surface area (Å²) in [5.41, 5.74) is 17.7. The average Bonchev–Trinajstić information content (AvgIpc) is 0.777. The van der Waals surface area contributed by atoms with Crippen LogP contribution in [0.3, 0.4) is 0 Å². The molecule has 0 aliphatic heterocycles. The molecule has 0 amide bonds. The highest BCUT2D eigenvalue weighted by molar-refractivity contribution is 6.03. The zero-order chi connectivity index (χ0) is 79.4. The van der Waals surface area contributed by atoms with E-state index >= 15 is 0 Å². The molecule has 15 aromatic carbocycles. The largest absolute Gasteiger partial charge is 0.264 e. The average molecular weight is 1530 g/mol. The van der Waals surface area contributed by atoms with Gasteiger partial charge < -0.3 is 0 Å². The molecule has 0 unspecified atom stereocenters. The first kappa shape index (κ1) is 70.1. The minimum atomic E-state index is 0.660. The van der Waals surface area contributed by atoms with Crippen LogP contribution in [0.4, 0.5) is 0 Å². The van der Waals surface area contributed by atoms with Crippen molar-refractivity contribution >= 4 is 130 Å². The van der Waals surface area contributed by atoms with E-state index in [1.165, 1.54) is 53.9 Å². The van der Waals surface area contributed by atoms with Crippen LogP contribution in [0, 0.1) is 0 Å². The molecule has 9 aromatic heterocycles. The molecule has 0 N–H and O–H groups in total. The molecule has 0 aliphatic rings. The van der Waals surface area contributed by atoms with Gasteiger partial charge in [-0.15, -0.1) is 0 Å². The number of hydrogen-bond donors (Lipinski definition) is 0. The standard InChI is InChI=1S/2C36H22N4.C34H20N6/c1-2-6-26-18-31-19-30(14-11-27(31)17-25(26)5-1)36-39-34(28-12-9-23-7-3-15-37-32(23)20-28)22-35(40-36)29-13-10-24-8-4-16-38-33(24)21-29;1-2-4-24-18-33-19-30(8-5-25(33)15-23(24)3-1)36-39-34(28-6-9-31-21-37-13-11-26(31)16-28)20-35(40-36)29-7-10-32-22-38-14-12-27(32)17-29;1-2-4-22-12-29-13-26(8-5-23(29)11-21(22)3-1)34-39-32(24-6-9-27-17-35-19-37-30(27)14-24)16-33(40-34)25-7-10-28-18-36-20-38-31(28)15-25/h2*1-22H;1-20H. The Labute approximate surface area is 686 Å². The lowest BCUT2D eigenvalue weighted by Crippen LogP contribution is -1.96. The molecular weight excluding hydrogens is 1470 g/mol. The van der Waals surface area contributed by atoms with Crippen LogP contribution in [0.2, 0.25) is 0 Å². The zero-order valence-corrected chi connectivity index (χ0v) is 64.2. The number of pyridine rings is 4. The first-order valence-electron chi connectivity index (χ1n) is 39.6. The second kappa shape index (κ2) is 30.0. The van der Waals surface area contributed by atoms with Crippen molar-refractivity contribution in [2.24, 2.45) is 0 Å². The zero-order valence-electron chi connectivity index (χ0n) is 64.2. The molecule has 24 aromatic rings. The molecule has 0 aliphatic carbocycles. The van der Waals surface area contributed by atoms with Gasteiger partial charge in [0.15, 0.2) is 17.5 Å². The van der Waals surface area contributed by atoms with E-state index in [1.807, 2.05) is 104 Å². The molecule has 0 saturated heterocycles. The molecule has 14 nitrogen and oxygen atoms in total. The molecule has 120 heavy (non-hydrogen) atoms. The maximum absolute atomic E-state index is 5.10. The van der Waals surface area contributed by atoms with Gasteiger partial charge in [0, 0.05) is 132 Å². The summed E-state index contributed by atoms with van der Waals surface area (Å²) < 4.78 is 0. The van der Waals surface area contributed by atoms with Gasteiger partial charge in [0.2, 0.25) is 0 Å². The van der Waals surface area contributed by atoms with Crippen molar-refractivity contribution in [3.8, 4) is 102 Å². The van der Waals surface area contributed by atoms with Crippen molar-refractivity contribution in [1.82, 2.24) is 69.8 Å². The van der Waals surface area contributed by atoms with Crippen molar-refractivity contribution < 1.29 is 0 Å². The molecule has 0 fully saturated rings. The Bertz CT molecular complexity index is 7180. The van der Waals surface area contributed by atoms with Crippen LogP contribution in [-0.2, 0) is 0 Å². The van der Waals surface area contributed by atoms with Gasteiger partial charge in [0.25, 0.3) is 0 Å². The molecule has 14 heteroatoms. The lowest BCUT2D eigenvalue weighted by atomic mass is 10.0. The summed E-state index contributed by atoms with van der Waals surface area (Å²) in [6.07, 6.45) is 17.8. The second-order valence-corrected chi connectivity index (χ2v) is 30.0. The number of nitrogens with zero attached hydrogens (tertiary/aromatic N) is 14. The van der Waals surface area contributed by atoms with E-state index in [4.69, 9.17) is 29.9 Å². The Morgan fingerprint density at radius 3 is 0.725 bits per heavy atom. The van der Waals surface area contributed by atoms with Gasteiger partial charge in [-0.3, -0.25) is 19.9 Å². The summed E-state index contributed by atoms with van der Waals surface area (Å²) in [5.74, 6) is 2.05. The van der Waals surface area contributed by atoms with Crippen molar-refractivity contribution in [3.63, 3.8) is 0 Å².